The molecule has 2 heterocycles. The number of hydrogen-bond donors (Lipinski definition) is 0. The summed E-state index contributed by atoms with van der Waals surface area (Å²) in [6, 6.07) is 8.06. The molecule has 0 radical (unpaired) electrons. The van der Waals surface area contributed by atoms with Crippen molar-refractivity contribution in [3.63, 3.8) is 0 Å². The third-order valence-electron chi connectivity index (χ3n) is 2.00. The Kier molecular flexibility index (Phi) is 2.41. The van der Waals surface area contributed by atoms with Crippen LogP contribution < -0.4 is 0 Å². The standard InChI is InChI=1S/C11H13N3/c1-14(2)8-10-6-5-9-4-3-7-12-11(9)13-10/h3-7H,8H2,1-2H3. The van der Waals surface area contributed by atoms with E-state index in [2.05, 4.69) is 20.9 Å². The Labute approximate surface area is 83.4 Å². The van der Waals surface area contributed by atoms with Crippen molar-refractivity contribution in [3.05, 3.63) is 36.2 Å². The molecule has 0 aliphatic rings. The highest BCUT2D eigenvalue weighted by atomic mass is 15.1. The molecule has 72 valence electrons. The van der Waals surface area contributed by atoms with E-state index in [0.717, 1.165) is 23.3 Å². The molecule has 0 spiro atoms. The van der Waals surface area contributed by atoms with Crippen LogP contribution in [0.1, 0.15) is 5.69 Å². The first-order chi connectivity index (χ1) is 6.75. The van der Waals surface area contributed by atoms with Gasteiger partial charge in [0.1, 0.15) is 0 Å². The van der Waals surface area contributed by atoms with Gasteiger partial charge in [-0.25, -0.2) is 9.97 Å². The van der Waals surface area contributed by atoms with E-state index in [0.29, 0.717) is 0 Å². The predicted molar refractivity (Wildman–Crippen MR) is 56.9 cm³/mol. The molecule has 0 N–H and O–H groups in total. The molecule has 0 saturated carbocycles. The third kappa shape index (κ3) is 1.88. The molecule has 2 aromatic rings. The van der Waals surface area contributed by atoms with Gasteiger partial charge in [-0.05, 0) is 38.4 Å². The van der Waals surface area contributed by atoms with Crippen LogP contribution in [0, 0.1) is 0 Å². The summed E-state index contributed by atoms with van der Waals surface area (Å²) < 4.78 is 0. The molecular formula is C11H13N3. The Hall–Kier alpha value is -1.48. The van der Waals surface area contributed by atoms with Crippen LogP contribution in [0.15, 0.2) is 30.5 Å². The third-order valence-corrected chi connectivity index (χ3v) is 2.00. The normalized spacial score (nSPS) is 11.1. The molecule has 0 saturated heterocycles. The first-order valence-electron chi connectivity index (χ1n) is 4.61. The van der Waals surface area contributed by atoms with Crippen molar-refractivity contribution in [2.75, 3.05) is 14.1 Å². The smallest absolute Gasteiger partial charge is 0.159 e. The maximum absolute atomic E-state index is 4.46. The second-order valence-electron chi connectivity index (χ2n) is 3.59. The molecule has 0 atom stereocenters. The lowest BCUT2D eigenvalue weighted by Crippen LogP contribution is -2.11. The molecule has 0 aromatic carbocycles. The summed E-state index contributed by atoms with van der Waals surface area (Å²) in [4.78, 5) is 10.8. The number of fused-ring (bicyclic) bond motifs is 1. The van der Waals surface area contributed by atoms with Gasteiger partial charge in [0.2, 0.25) is 0 Å². The van der Waals surface area contributed by atoms with Gasteiger partial charge in [-0.2, -0.15) is 0 Å². The van der Waals surface area contributed by atoms with Crippen LogP contribution in [0.4, 0.5) is 0 Å². The highest BCUT2D eigenvalue weighted by molar-refractivity contribution is 5.74. The van der Waals surface area contributed by atoms with Gasteiger partial charge in [-0.1, -0.05) is 0 Å². The Morgan fingerprint density at radius 1 is 1.21 bits per heavy atom. The van der Waals surface area contributed by atoms with Crippen molar-refractivity contribution in [1.82, 2.24) is 14.9 Å². The summed E-state index contributed by atoms with van der Waals surface area (Å²) in [6.45, 7) is 0.854. The van der Waals surface area contributed by atoms with Gasteiger partial charge in [0.15, 0.2) is 5.65 Å². The van der Waals surface area contributed by atoms with Crippen LogP contribution >= 0.6 is 0 Å². The Morgan fingerprint density at radius 2 is 2.07 bits per heavy atom. The predicted octanol–water partition coefficient (Wildman–Crippen LogP) is 1.69. The van der Waals surface area contributed by atoms with Crippen molar-refractivity contribution >= 4 is 11.0 Å². The van der Waals surface area contributed by atoms with Crippen LogP contribution in [0.5, 0.6) is 0 Å². The monoisotopic (exact) mass is 187 g/mol. The fourth-order valence-corrected chi connectivity index (χ4v) is 1.40. The fourth-order valence-electron chi connectivity index (χ4n) is 1.40. The van der Waals surface area contributed by atoms with Crippen molar-refractivity contribution < 1.29 is 0 Å². The van der Waals surface area contributed by atoms with Crippen LogP contribution in [0.3, 0.4) is 0 Å². The van der Waals surface area contributed by atoms with Crippen molar-refractivity contribution in [3.8, 4) is 0 Å². The van der Waals surface area contributed by atoms with Gasteiger partial charge in [0, 0.05) is 18.1 Å². The van der Waals surface area contributed by atoms with E-state index in [9.17, 15) is 0 Å². The van der Waals surface area contributed by atoms with Gasteiger partial charge in [-0.15, -0.1) is 0 Å². The number of aromatic nitrogens is 2. The minimum absolute atomic E-state index is 0.826. The average Bonchev–Trinajstić information content (AvgIpc) is 2.17. The average molecular weight is 187 g/mol. The lowest BCUT2D eigenvalue weighted by Gasteiger charge is -2.08. The molecule has 0 aliphatic heterocycles. The van der Waals surface area contributed by atoms with E-state index >= 15 is 0 Å². The minimum atomic E-state index is 0.826. The molecule has 0 unspecified atom stereocenters. The van der Waals surface area contributed by atoms with Crippen molar-refractivity contribution in [1.29, 1.82) is 0 Å². The first kappa shape index (κ1) is 9.09. The van der Waals surface area contributed by atoms with E-state index in [1.165, 1.54) is 0 Å². The number of nitrogens with zero attached hydrogens (tertiary/aromatic N) is 3. The van der Waals surface area contributed by atoms with E-state index in [-0.39, 0.29) is 0 Å². The fraction of sp³-hybridized carbons (Fsp3) is 0.273. The number of rotatable bonds is 2. The molecule has 0 amide bonds. The highest BCUT2D eigenvalue weighted by Gasteiger charge is 1.99. The zero-order valence-corrected chi connectivity index (χ0v) is 8.44. The van der Waals surface area contributed by atoms with E-state index in [1.54, 1.807) is 6.20 Å². The van der Waals surface area contributed by atoms with E-state index in [4.69, 9.17) is 0 Å². The quantitative estimate of drug-likeness (QED) is 0.716. The van der Waals surface area contributed by atoms with Gasteiger partial charge in [0.05, 0.1) is 5.69 Å². The Balaban J connectivity index is 2.41. The molecule has 0 bridgehead atoms. The molecule has 2 rings (SSSR count). The zero-order valence-electron chi connectivity index (χ0n) is 8.44. The lowest BCUT2D eigenvalue weighted by atomic mass is 10.2. The summed E-state index contributed by atoms with van der Waals surface area (Å²) in [5.74, 6) is 0. The summed E-state index contributed by atoms with van der Waals surface area (Å²) in [6.07, 6.45) is 1.77. The highest BCUT2D eigenvalue weighted by Crippen LogP contribution is 2.09. The first-order valence-corrected chi connectivity index (χ1v) is 4.61. The molecule has 0 aliphatic carbocycles. The molecule has 0 fully saturated rings. The van der Waals surface area contributed by atoms with E-state index in [1.807, 2.05) is 32.3 Å². The van der Waals surface area contributed by atoms with Crippen LogP contribution in [-0.4, -0.2) is 29.0 Å². The summed E-state index contributed by atoms with van der Waals surface area (Å²) in [5.41, 5.74) is 1.88. The molecule has 14 heavy (non-hydrogen) atoms. The molecular weight excluding hydrogens is 174 g/mol. The summed E-state index contributed by atoms with van der Waals surface area (Å²) >= 11 is 0. The van der Waals surface area contributed by atoms with E-state index < -0.39 is 0 Å². The number of hydrogen-bond acceptors (Lipinski definition) is 3. The maximum Gasteiger partial charge on any atom is 0.159 e. The van der Waals surface area contributed by atoms with Gasteiger partial charge < -0.3 is 4.90 Å². The summed E-state index contributed by atoms with van der Waals surface area (Å²) in [7, 11) is 4.06. The maximum atomic E-state index is 4.46. The van der Waals surface area contributed by atoms with Crippen LogP contribution in [-0.2, 0) is 6.54 Å². The van der Waals surface area contributed by atoms with Crippen molar-refractivity contribution in [2.45, 2.75) is 6.54 Å². The second kappa shape index (κ2) is 3.72. The summed E-state index contributed by atoms with van der Waals surface area (Å²) in [5, 5.41) is 1.09. The van der Waals surface area contributed by atoms with Crippen LogP contribution in [0.2, 0.25) is 0 Å². The molecule has 3 nitrogen and oxygen atoms in total. The second-order valence-corrected chi connectivity index (χ2v) is 3.59. The lowest BCUT2D eigenvalue weighted by molar-refractivity contribution is 0.397. The van der Waals surface area contributed by atoms with Crippen molar-refractivity contribution in [2.24, 2.45) is 0 Å². The molecule has 2 aromatic heterocycles. The zero-order chi connectivity index (χ0) is 9.97. The van der Waals surface area contributed by atoms with Crippen LogP contribution in [0.25, 0.3) is 11.0 Å². The minimum Gasteiger partial charge on any atom is -0.304 e. The topological polar surface area (TPSA) is 29.0 Å². The van der Waals surface area contributed by atoms with Gasteiger partial charge in [0.25, 0.3) is 0 Å². The molecule has 3 heteroatoms. The SMILES string of the molecule is CN(C)Cc1ccc2cccnc2n1. The Morgan fingerprint density at radius 3 is 2.86 bits per heavy atom. The largest absolute Gasteiger partial charge is 0.304 e. The Bertz CT molecular complexity index is 437. The van der Waals surface area contributed by atoms with Gasteiger partial charge in [-0.3, -0.25) is 0 Å². The van der Waals surface area contributed by atoms with Gasteiger partial charge >= 0.3 is 0 Å². The number of pyridine rings is 2.